The molecule has 0 bridgehead atoms. The second-order valence-electron chi connectivity index (χ2n) is 11.0. The Morgan fingerprint density at radius 2 is 1.80 bits per heavy atom. The average Bonchev–Trinajstić information content (AvgIpc) is 3.37. The molecule has 0 aliphatic carbocycles. The summed E-state index contributed by atoms with van der Waals surface area (Å²) in [6.45, 7) is 7.44. The van der Waals surface area contributed by atoms with Crippen molar-refractivity contribution in [1.82, 2.24) is 14.8 Å². The first kappa shape index (κ1) is 26.0. The molecule has 206 valence electrons. The Labute approximate surface area is 234 Å². The molecule has 7 heteroatoms. The van der Waals surface area contributed by atoms with Gasteiger partial charge in [0.05, 0.1) is 19.4 Å². The van der Waals surface area contributed by atoms with Crippen molar-refractivity contribution < 1.29 is 19.1 Å². The van der Waals surface area contributed by atoms with Crippen LogP contribution in [0.4, 0.5) is 0 Å². The van der Waals surface area contributed by atoms with E-state index in [1.807, 2.05) is 74.5 Å². The molecule has 1 aromatic heterocycles. The van der Waals surface area contributed by atoms with Gasteiger partial charge < -0.3 is 24.3 Å². The number of para-hydroxylation sites is 1. The second kappa shape index (κ2) is 10.0. The number of H-pyrrole nitrogens is 1. The lowest BCUT2D eigenvalue weighted by Gasteiger charge is -2.51. The highest BCUT2D eigenvalue weighted by Gasteiger charge is 2.56. The van der Waals surface area contributed by atoms with E-state index in [2.05, 4.69) is 18.0 Å². The fourth-order valence-corrected chi connectivity index (χ4v) is 6.25. The van der Waals surface area contributed by atoms with E-state index in [9.17, 15) is 9.59 Å². The van der Waals surface area contributed by atoms with E-state index < -0.39 is 5.54 Å². The van der Waals surface area contributed by atoms with Crippen LogP contribution in [0.15, 0.2) is 66.7 Å². The summed E-state index contributed by atoms with van der Waals surface area (Å²) in [6.07, 6.45) is 0.900. The van der Waals surface area contributed by atoms with Crippen molar-refractivity contribution in [3.63, 3.8) is 0 Å². The quantitative estimate of drug-likeness (QED) is 0.338. The molecule has 0 spiro atoms. The van der Waals surface area contributed by atoms with Gasteiger partial charge in [-0.2, -0.15) is 0 Å². The van der Waals surface area contributed by atoms with Gasteiger partial charge in [0, 0.05) is 29.9 Å². The summed E-state index contributed by atoms with van der Waals surface area (Å²) >= 11 is 0. The lowest BCUT2D eigenvalue weighted by Crippen LogP contribution is -2.67. The van der Waals surface area contributed by atoms with Crippen molar-refractivity contribution in [2.75, 3.05) is 26.8 Å². The molecule has 7 nitrogen and oxygen atoms in total. The number of amides is 2. The SMILES string of the molecule is CCCOc1ccc([C@H]2CN3C(=O)CN(Cc4ccc(C)cc4)C(=O)[C@]3(C)c3[nH]c4ccccc4c32)cc1OC. The maximum Gasteiger partial charge on any atom is 0.255 e. The van der Waals surface area contributed by atoms with Crippen molar-refractivity contribution in [3.8, 4) is 11.5 Å². The molecule has 6 rings (SSSR count). The number of piperazine rings is 1. The molecule has 4 aromatic rings. The molecule has 3 aromatic carbocycles. The molecule has 2 aliphatic rings. The largest absolute Gasteiger partial charge is 0.493 e. The zero-order valence-corrected chi connectivity index (χ0v) is 23.5. The van der Waals surface area contributed by atoms with Crippen LogP contribution in [0.2, 0.25) is 0 Å². The van der Waals surface area contributed by atoms with Crippen molar-refractivity contribution in [1.29, 1.82) is 0 Å². The number of rotatable bonds is 7. The molecule has 1 fully saturated rings. The number of aromatic amines is 1. The molecule has 3 heterocycles. The second-order valence-corrected chi connectivity index (χ2v) is 11.0. The number of carbonyl (C=O) groups excluding carboxylic acids is 2. The van der Waals surface area contributed by atoms with Crippen LogP contribution >= 0.6 is 0 Å². The van der Waals surface area contributed by atoms with E-state index in [1.165, 1.54) is 0 Å². The Hall–Kier alpha value is -4.26. The number of methoxy groups -OCH3 is 1. The first-order valence-electron chi connectivity index (χ1n) is 13.9. The number of aryl methyl sites for hydroxylation is 1. The van der Waals surface area contributed by atoms with Gasteiger partial charge in [-0.05, 0) is 55.2 Å². The average molecular weight is 538 g/mol. The summed E-state index contributed by atoms with van der Waals surface area (Å²) in [5, 5.41) is 1.06. The van der Waals surface area contributed by atoms with E-state index in [0.29, 0.717) is 31.2 Å². The zero-order chi connectivity index (χ0) is 28.0. The van der Waals surface area contributed by atoms with Gasteiger partial charge in [0.2, 0.25) is 5.91 Å². The number of fused-ring (bicyclic) bond motifs is 5. The standard InChI is InChI=1S/C33H35N3O4/c1-5-16-40-27-15-14-23(17-28(27)39-4)25-19-36-29(37)20-35(18-22-12-10-21(2)11-13-22)32(38)33(36,3)31-30(25)24-8-6-7-9-26(24)34-31/h6-15,17,25,34H,5,16,18-20H2,1-4H3/t25-,33+/m1/s1. The Balaban J connectivity index is 1.46. The molecule has 0 unspecified atom stereocenters. The van der Waals surface area contributed by atoms with Crippen LogP contribution in [-0.4, -0.2) is 53.4 Å². The molecule has 2 amide bonds. The van der Waals surface area contributed by atoms with E-state index >= 15 is 0 Å². The molecule has 1 N–H and O–H groups in total. The topological polar surface area (TPSA) is 74.9 Å². The maximum atomic E-state index is 14.3. The number of carbonyl (C=O) groups is 2. The van der Waals surface area contributed by atoms with E-state index in [0.717, 1.165) is 45.3 Å². The van der Waals surface area contributed by atoms with Crippen molar-refractivity contribution in [2.24, 2.45) is 0 Å². The van der Waals surface area contributed by atoms with Gasteiger partial charge in [0.25, 0.3) is 5.91 Å². The molecule has 0 radical (unpaired) electrons. The first-order chi connectivity index (χ1) is 19.3. The number of hydrogen-bond acceptors (Lipinski definition) is 4. The minimum Gasteiger partial charge on any atom is -0.493 e. The summed E-state index contributed by atoms with van der Waals surface area (Å²) in [6, 6.07) is 22.2. The summed E-state index contributed by atoms with van der Waals surface area (Å²) < 4.78 is 11.6. The lowest BCUT2D eigenvalue weighted by atomic mass is 9.76. The first-order valence-corrected chi connectivity index (χ1v) is 13.9. The Morgan fingerprint density at radius 1 is 1.02 bits per heavy atom. The minimum atomic E-state index is -1.14. The highest BCUT2D eigenvalue weighted by Crippen LogP contribution is 2.49. The van der Waals surface area contributed by atoms with Gasteiger partial charge >= 0.3 is 0 Å². The monoisotopic (exact) mass is 537 g/mol. The van der Waals surface area contributed by atoms with E-state index in [1.54, 1.807) is 16.9 Å². The van der Waals surface area contributed by atoms with E-state index in [4.69, 9.17) is 9.47 Å². The zero-order valence-electron chi connectivity index (χ0n) is 23.5. The minimum absolute atomic E-state index is 0.0533. The van der Waals surface area contributed by atoms with Crippen LogP contribution in [0.25, 0.3) is 10.9 Å². The molecular formula is C33H35N3O4. The summed E-state index contributed by atoms with van der Waals surface area (Å²) in [4.78, 5) is 35.1. The van der Waals surface area contributed by atoms with Crippen LogP contribution in [0.3, 0.4) is 0 Å². The molecular weight excluding hydrogens is 502 g/mol. The van der Waals surface area contributed by atoms with Crippen molar-refractivity contribution in [3.05, 3.63) is 94.7 Å². The van der Waals surface area contributed by atoms with Crippen LogP contribution in [0.1, 0.15) is 54.1 Å². The maximum absolute atomic E-state index is 14.3. The smallest absolute Gasteiger partial charge is 0.255 e. The molecule has 0 saturated carbocycles. The van der Waals surface area contributed by atoms with Crippen molar-refractivity contribution in [2.45, 2.75) is 45.2 Å². The number of benzene rings is 3. The van der Waals surface area contributed by atoms with Gasteiger partial charge in [0.1, 0.15) is 6.54 Å². The number of aromatic nitrogens is 1. The van der Waals surface area contributed by atoms with Crippen LogP contribution in [-0.2, 0) is 21.7 Å². The predicted molar refractivity (Wildman–Crippen MR) is 155 cm³/mol. The molecule has 1 saturated heterocycles. The normalized spacial score (nSPS) is 20.4. The third kappa shape index (κ3) is 4.12. The van der Waals surface area contributed by atoms with Gasteiger partial charge in [-0.3, -0.25) is 9.59 Å². The van der Waals surface area contributed by atoms with Crippen LogP contribution in [0.5, 0.6) is 11.5 Å². The Morgan fingerprint density at radius 3 is 2.55 bits per heavy atom. The highest BCUT2D eigenvalue weighted by atomic mass is 16.5. The Kier molecular flexibility index (Phi) is 6.53. The fourth-order valence-electron chi connectivity index (χ4n) is 6.25. The van der Waals surface area contributed by atoms with Gasteiger partial charge in [-0.1, -0.05) is 61.0 Å². The molecule has 40 heavy (non-hydrogen) atoms. The molecule has 2 aliphatic heterocycles. The number of nitrogens with one attached hydrogen (secondary N) is 1. The summed E-state index contributed by atoms with van der Waals surface area (Å²) in [7, 11) is 1.64. The third-order valence-electron chi connectivity index (χ3n) is 8.36. The predicted octanol–water partition coefficient (Wildman–Crippen LogP) is 5.51. The van der Waals surface area contributed by atoms with Crippen molar-refractivity contribution >= 4 is 22.7 Å². The summed E-state index contributed by atoms with van der Waals surface area (Å²) in [5.41, 5.74) is 4.82. The van der Waals surface area contributed by atoms with Gasteiger partial charge in [-0.25, -0.2) is 0 Å². The van der Waals surface area contributed by atoms with E-state index in [-0.39, 0.29) is 24.3 Å². The number of hydrogen-bond donors (Lipinski definition) is 1. The molecule has 2 atom stereocenters. The Bertz CT molecular complexity index is 1590. The number of ether oxygens (including phenoxy) is 2. The summed E-state index contributed by atoms with van der Waals surface area (Å²) in [5.74, 6) is 1.09. The van der Waals surface area contributed by atoms with Crippen LogP contribution in [0, 0.1) is 6.92 Å². The van der Waals surface area contributed by atoms with Crippen LogP contribution < -0.4 is 9.47 Å². The lowest BCUT2D eigenvalue weighted by molar-refractivity contribution is -0.166. The van der Waals surface area contributed by atoms with Gasteiger partial charge in [-0.15, -0.1) is 0 Å². The van der Waals surface area contributed by atoms with Gasteiger partial charge in [0.15, 0.2) is 17.0 Å². The fraction of sp³-hybridized carbons (Fsp3) is 0.333. The highest BCUT2D eigenvalue weighted by molar-refractivity contribution is 6.01. The third-order valence-corrected chi connectivity index (χ3v) is 8.36. The number of nitrogens with zero attached hydrogens (tertiary/aromatic N) is 2.